The average molecular weight is 571 g/mol. The topological polar surface area (TPSA) is 107 Å². The van der Waals surface area contributed by atoms with E-state index in [1.807, 2.05) is 43.9 Å². The monoisotopic (exact) mass is 570 g/mol. The lowest BCUT2D eigenvalue weighted by Gasteiger charge is -2.31. The second-order valence-electron chi connectivity index (χ2n) is 13.9. The zero-order chi connectivity index (χ0) is 29.6. The Balaban J connectivity index is 1.24. The maximum Gasteiger partial charge on any atom is 0.410 e. The summed E-state index contributed by atoms with van der Waals surface area (Å²) < 4.78 is 31.9. The number of hydrogen-bond acceptors (Lipinski definition) is 7. The molecule has 5 rings (SSSR count). The van der Waals surface area contributed by atoms with Gasteiger partial charge in [0, 0.05) is 24.4 Å². The number of alkyl carbamates (subject to hydrolysis) is 1. The smallest absolute Gasteiger partial charge is 0.410 e. The number of benzene rings is 1. The number of carbonyl (C=O) groups excluding carboxylic acids is 2. The number of carbonyl (C=O) groups is 2. The summed E-state index contributed by atoms with van der Waals surface area (Å²) in [6.45, 7) is 11.4. The highest BCUT2D eigenvalue weighted by Crippen LogP contribution is 2.52. The maximum atomic E-state index is 15.1. The molecule has 0 spiro atoms. The second-order valence-corrected chi connectivity index (χ2v) is 13.9. The van der Waals surface area contributed by atoms with Crippen LogP contribution in [0.25, 0.3) is 0 Å². The summed E-state index contributed by atoms with van der Waals surface area (Å²) in [6, 6.07) is 9.68. The number of nitrogens with one attached hydrogen (secondary N) is 1. The molecule has 2 aromatic rings. The molecular formula is C31H43FN4O5. The van der Waals surface area contributed by atoms with Crippen LogP contribution in [0, 0.1) is 0 Å². The largest absolute Gasteiger partial charge is 0.444 e. The number of hydrogen-bond donors (Lipinski definition) is 1. The van der Waals surface area contributed by atoms with Gasteiger partial charge in [-0.2, -0.15) is 4.98 Å². The van der Waals surface area contributed by atoms with E-state index in [0.29, 0.717) is 31.1 Å². The highest BCUT2D eigenvalue weighted by molar-refractivity contribution is 5.70. The lowest BCUT2D eigenvalue weighted by atomic mass is 9.84. The first-order chi connectivity index (χ1) is 19.2. The summed E-state index contributed by atoms with van der Waals surface area (Å²) in [7, 11) is 0. The first-order valence-corrected chi connectivity index (χ1v) is 14.8. The van der Waals surface area contributed by atoms with Gasteiger partial charge in [0.05, 0.1) is 11.5 Å². The van der Waals surface area contributed by atoms with E-state index in [-0.39, 0.29) is 30.4 Å². The molecular weight excluding hydrogens is 527 g/mol. The van der Waals surface area contributed by atoms with Gasteiger partial charge in [-0.25, -0.2) is 14.0 Å². The zero-order valence-electron chi connectivity index (χ0n) is 25.0. The Bertz CT molecular complexity index is 1230. The van der Waals surface area contributed by atoms with E-state index >= 15 is 4.39 Å². The summed E-state index contributed by atoms with van der Waals surface area (Å²) in [5.74, 6) is 1.03. The number of amides is 2. The van der Waals surface area contributed by atoms with E-state index in [1.165, 1.54) is 5.56 Å². The molecule has 224 valence electrons. The average Bonchev–Trinajstić information content (AvgIpc) is 3.78. The third kappa shape index (κ3) is 7.19. The minimum absolute atomic E-state index is 0.0520. The molecule has 9 nitrogen and oxygen atoms in total. The fourth-order valence-electron chi connectivity index (χ4n) is 5.73. The molecule has 3 unspecified atom stereocenters. The number of ether oxygens (including phenoxy) is 2. The fraction of sp³-hybridized carbons (Fsp3) is 0.677. The van der Waals surface area contributed by atoms with Crippen LogP contribution in [0.15, 0.2) is 34.9 Å². The van der Waals surface area contributed by atoms with Crippen LogP contribution < -0.4 is 5.32 Å². The van der Waals surface area contributed by atoms with Gasteiger partial charge in [0.2, 0.25) is 5.89 Å². The van der Waals surface area contributed by atoms with Crippen LogP contribution in [-0.4, -0.2) is 63.2 Å². The van der Waals surface area contributed by atoms with E-state index in [2.05, 4.69) is 22.6 Å². The molecule has 0 saturated heterocycles. The van der Waals surface area contributed by atoms with E-state index in [9.17, 15) is 9.59 Å². The van der Waals surface area contributed by atoms with E-state index in [1.54, 1.807) is 20.8 Å². The lowest BCUT2D eigenvalue weighted by Crippen LogP contribution is -2.46. The summed E-state index contributed by atoms with van der Waals surface area (Å²) in [6.07, 6.45) is 1.61. The van der Waals surface area contributed by atoms with Gasteiger partial charge in [-0.1, -0.05) is 35.5 Å². The maximum absolute atomic E-state index is 15.1. The Morgan fingerprint density at radius 1 is 1.05 bits per heavy atom. The van der Waals surface area contributed by atoms with Crippen molar-refractivity contribution >= 4 is 12.2 Å². The SMILES string of the molecule is CC(C)(C)OC(=O)NC1CCC(c2nc(C3(CN(C(=O)OC(C)(C)C)[C@@H]4C[C@H]4c4ccccc4)CC3)no2)CC1F. The highest BCUT2D eigenvalue weighted by Gasteiger charge is 2.55. The summed E-state index contributed by atoms with van der Waals surface area (Å²) in [5.41, 5.74) is -0.432. The van der Waals surface area contributed by atoms with E-state index < -0.39 is 34.9 Å². The van der Waals surface area contributed by atoms with Crippen LogP contribution in [0.1, 0.15) is 109 Å². The number of alkyl halides is 1. The highest BCUT2D eigenvalue weighted by atomic mass is 19.1. The molecule has 0 bridgehead atoms. The Kier molecular flexibility index (Phi) is 7.80. The van der Waals surface area contributed by atoms with Gasteiger partial charge in [-0.05, 0) is 85.6 Å². The first-order valence-electron chi connectivity index (χ1n) is 14.8. The van der Waals surface area contributed by atoms with Gasteiger partial charge in [-0.15, -0.1) is 0 Å². The number of nitrogens with zero attached hydrogens (tertiary/aromatic N) is 3. The normalized spacial score (nSPS) is 27.0. The molecule has 3 aliphatic rings. The second kappa shape index (κ2) is 10.9. The molecule has 3 saturated carbocycles. The number of aromatic nitrogens is 2. The van der Waals surface area contributed by atoms with Crippen LogP contribution in [-0.2, 0) is 14.9 Å². The Hall–Kier alpha value is -3.17. The molecule has 1 aromatic heterocycles. The summed E-state index contributed by atoms with van der Waals surface area (Å²) in [4.78, 5) is 32.1. The van der Waals surface area contributed by atoms with E-state index in [0.717, 1.165) is 19.3 Å². The molecule has 1 heterocycles. The van der Waals surface area contributed by atoms with Crippen molar-refractivity contribution in [2.75, 3.05) is 6.54 Å². The lowest BCUT2D eigenvalue weighted by molar-refractivity contribution is 0.0208. The molecule has 2 amide bonds. The standard InChI is InChI=1S/C31H43FN4O5/c1-29(2,3)39-27(37)33-23-13-12-20(16-22(23)32)25-34-26(35-41-25)31(14-15-31)18-36(28(38)40-30(4,5)6)24-17-21(24)19-10-8-7-9-11-19/h7-11,20-24H,12-18H2,1-6H3,(H,33,37)/t20?,21-,22?,23?,24+/m0/s1. The van der Waals surface area contributed by atoms with Crippen molar-refractivity contribution in [3.63, 3.8) is 0 Å². The van der Waals surface area contributed by atoms with Gasteiger partial charge < -0.3 is 24.2 Å². The van der Waals surface area contributed by atoms with Gasteiger partial charge >= 0.3 is 12.2 Å². The molecule has 1 N–H and O–H groups in total. The minimum atomic E-state index is -1.25. The van der Waals surface area contributed by atoms with Crippen molar-refractivity contribution < 1.29 is 28.0 Å². The van der Waals surface area contributed by atoms with Crippen molar-refractivity contribution in [1.82, 2.24) is 20.4 Å². The molecule has 41 heavy (non-hydrogen) atoms. The van der Waals surface area contributed by atoms with Crippen molar-refractivity contribution in [3.8, 4) is 0 Å². The van der Waals surface area contributed by atoms with E-state index in [4.69, 9.17) is 19.0 Å². The first kappa shape index (κ1) is 29.3. The molecule has 10 heteroatoms. The third-order valence-corrected chi connectivity index (χ3v) is 8.08. The van der Waals surface area contributed by atoms with Gasteiger partial charge in [-0.3, -0.25) is 0 Å². The van der Waals surface area contributed by atoms with Gasteiger partial charge in [0.15, 0.2) is 5.82 Å². The number of halogens is 1. The summed E-state index contributed by atoms with van der Waals surface area (Å²) in [5, 5.41) is 6.99. The van der Waals surface area contributed by atoms with Crippen LogP contribution >= 0.6 is 0 Å². The zero-order valence-corrected chi connectivity index (χ0v) is 25.0. The van der Waals surface area contributed by atoms with Crippen molar-refractivity contribution in [3.05, 3.63) is 47.6 Å². The van der Waals surface area contributed by atoms with Gasteiger partial charge in [0.25, 0.3) is 0 Å². The number of rotatable bonds is 7. The molecule has 3 fully saturated rings. The fourth-order valence-corrected chi connectivity index (χ4v) is 5.73. The van der Waals surface area contributed by atoms with Gasteiger partial charge in [0.1, 0.15) is 17.4 Å². The van der Waals surface area contributed by atoms with Crippen molar-refractivity contribution in [1.29, 1.82) is 0 Å². The Morgan fingerprint density at radius 3 is 2.34 bits per heavy atom. The van der Waals surface area contributed by atoms with Crippen LogP contribution in [0.5, 0.6) is 0 Å². The molecule has 5 atom stereocenters. The van der Waals surface area contributed by atoms with Crippen molar-refractivity contribution in [2.45, 2.75) is 127 Å². The van der Waals surface area contributed by atoms with Crippen LogP contribution in [0.4, 0.5) is 14.0 Å². The molecule has 0 aliphatic heterocycles. The predicted molar refractivity (Wildman–Crippen MR) is 150 cm³/mol. The summed E-state index contributed by atoms with van der Waals surface area (Å²) >= 11 is 0. The third-order valence-electron chi connectivity index (χ3n) is 8.08. The van der Waals surface area contributed by atoms with Crippen LogP contribution in [0.3, 0.4) is 0 Å². The Morgan fingerprint density at radius 2 is 1.73 bits per heavy atom. The molecule has 1 aromatic carbocycles. The van der Waals surface area contributed by atoms with Crippen molar-refractivity contribution in [2.24, 2.45) is 0 Å². The molecule has 0 radical (unpaired) electrons. The molecule has 3 aliphatic carbocycles. The quantitative estimate of drug-likeness (QED) is 0.411. The predicted octanol–water partition coefficient (Wildman–Crippen LogP) is 6.39. The Labute approximate surface area is 241 Å². The van der Waals surface area contributed by atoms with Crippen LogP contribution in [0.2, 0.25) is 0 Å². The minimum Gasteiger partial charge on any atom is -0.444 e.